The fourth-order valence-electron chi connectivity index (χ4n) is 2.81. The first kappa shape index (κ1) is 13.8. The summed E-state index contributed by atoms with van der Waals surface area (Å²) in [4.78, 5) is 0.207. The summed E-state index contributed by atoms with van der Waals surface area (Å²) in [6.45, 7) is 0. The number of benzene rings is 2. The lowest BCUT2D eigenvalue weighted by Gasteiger charge is -2.04. The second kappa shape index (κ2) is 4.69. The molecule has 0 spiro atoms. The average molecular weight is 298 g/mol. The third kappa shape index (κ3) is 2.04. The van der Waals surface area contributed by atoms with Crippen LogP contribution in [0.4, 0.5) is 0 Å². The highest BCUT2D eigenvalue weighted by molar-refractivity contribution is 7.92. The lowest BCUT2D eigenvalue weighted by Crippen LogP contribution is -2.29. The van der Waals surface area contributed by atoms with E-state index in [2.05, 4.69) is 0 Å². The predicted octanol–water partition coefficient (Wildman–Crippen LogP) is 1.85. The van der Waals surface area contributed by atoms with Gasteiger partial charge < -0.3 is 5.73 Å². The van der Waals surface area contributed by atoms with Gasteiger partial charge in [-0.3, -0.25) is 0 Å². The molecule has 1 saturated carbocycles. The molecule has 2 N–H and O–H groups in total. The number of nitrogens with two attached hydrogens (primary N) is 1. The van der Waals surface area contributed by atoms with Crippen molar-refractivity contribution in [1.29, 1.82) is 5.26 Å². The highest BCUT2D eigenvalue weighted by atomic mass is 32.2. The summed E-state index contributed by atoms with van der Waals surface area (Å²) in [5.41, 5.74) is 5.47. The topological polar surface area (TPSA) is 83.9 Å². The van der Waals surface area contributed by atoms with Gasteiger partial charge in [-0.05, 0) is 17.7 Å². The summed E-state index contributed by atoms with van der Waals surface area (Å²) in [6.07, 6.45) is 0. The van der Waals surface area contributed by atoms with Crippen LogP contribution in [0.2, 0.25) is 0 Å². The Kier molecular flexibility index (Phi) is 3.08. The molecule has 21 heavy (non-hydrogen) atoms. The average Bonchev–Trinajstić information content (AvgIpc) is 3.17. The van der Waals surface area contributed by atoms with Crippen molar-refractivity contribution >= 4 is 9.84 Å². The van der Waals surface area contributed by atoms with E-state index in [9.17, 15) is 13.7 Å². The number of nitrogens with zero attached hydrogens (tertiary/aromatic N) is 1. The van der Waals surface area contributed by atoms with Crippen LogP contribution in [0.5, 0.6) is 0 Å². The smallest absolute Gasteiger partial charge is 0.184 e. The second-order valence-corrected chi connectivity index (χ2v) is 7.28. The van der Waals surface area contributed by atoms with E-state index in [1.54, 1.807) is 18.2 Å². The van der Waals surface area contributed by atoms with E-state index >= 15 is 0 Å². The fourth-order valence-corrected chi connectivity index (χ4v) is 5.02. The van der Waals surface area contributed by atoms with Crippen molar-refractivity contribution in [1.82, 2.24) is 0 Å². The molecule has 5 heteroatoms. The number of sulfone groups is 1. The fraction of sp³-hybridized carbons (Fsp3) is 0.188. The van der Waals surface area contributed by atoms with Gasteiger partial charge in [0, 0.05) is 5.92 Å². The maximum absolute atomic E-state index is 12.7. The van der Waals surface area contributed by atoms with Crippen molar-refractivity contribution in [2.45, 2.75) is 21.6 Å². The molecule has 0 radical (unpaired) electrons. The molecule has 2 aromatic carbocycles. The van der Waals surface area contributed by atoms with Gasteiger partial charge in [0.05, 0.1) is 11.0 Å². The number of rotatable bonds is 3. The Morgan fingerprint density at radius 1 is 1.00 bits per heavy atom. The lowest BCUT2D eigenvalue weighted by atomic mass is 10.1. The van der Waals surface area contributed by atoms with Crippen LogP contribution in [0.1, 0.15) is 11.5 Å². The lowest BCUT2D eigenvalue weighted by molar-refractivity contribution is 0.592. The third-order valence-corrected chi connectivity index (χ3v) is 6.20. The summed E-state index contributed by atoms with van der Waals surface area (Å²) in [7, 11) is -3.63. The summed E-state index contributed by atoms with van der Waals surface area (Å²) >= 11 is 0. The van der Waals surface area contributed by atoms with Crippen LogP contribution in [-0.2, 0) is 9.84 Å². The summed E-state index contributed by atoms with van der Waals surface area (Å²) in [5.74, 6) is -0.492. The molecule has 0 aromatic heterocycles. The van der Waals surface area contributed by atoms with Gasteiger partial charge in [0.15, 0.2) is 9.84 Å². The zero-order valence-corrected chi connectivity index (χ0v) is 12.0. The molecule has 106 valence electrons. The first-order valence-corrected chi connectivity index (χ1v) is 8.10. The highest BCUT2D eigenvalue weighted by Gasteiger charge is 2.70. The molecule has 0 aliphatic heterocycles. The van der Waals surface area contributed by atoms with E-state index in [-0.39, 0.29) is 4.90 Å². The SMILES string of the molecule is N#C[C@]1(N)[C@H](c2ccccc2)[C@@H]1S(=O)(=O)c1ccccc1. The Morgan fingerprint density at radius 2 is 1.52 bits per heavy atom. The van der Waals surface area contributed by atoms with E-state index in [1.807, 2.05) is 36.4 Å². The molecule has 1 aliphatic carbocycles. The Hall–Kier alpha value is -2.16. The number of nitriles is 1. The number of hydrogen-bond donors (Lipinski definition) is 1. The normalized spacial score (nSPS) is 27.8. The first-order valence-electron chi connectivity index (χ1n) is 6.56. The minimum Gasteiger partial charge on any atom is -0.312 e. The van der Waals surface area contributed by atoms with Crippen molar-refractivity contribution in [3.05, 3.63) is 66.2 Å². The maximum atomic E-state index is 12.7. The van der Waals surface area contributed by atoms with Crippen molar-refractivity contribution in [2.75, 3.05) is 0 Å². The molecule has 1 aliphatic rings. The first-order chi connectivity index (χ1) is 10.0. The van der Waals surface area contributed by atoms with E-state index in [0.29, 0.717) is 0 Å². The van der Waals surface area contributed by atoms with Gasteiger partial charge in [-0.2, -0.15) is 5.26 Å². The van der Waals surface area contributed by atoms with E-state index in [1.165, 1.54) is 12.1 Å². The van der Waals surface area contributed by atoms with Gasteiger partial charge >= 0.3 is 0 Å². The summed E-state index contributed by atoms with van der Waals surface area (Å²) in [5, 5.41) is 8.44. The molecule has 3 rings (SSSR count). The van der Waals surface area contributed by atoms with Crippen molar-refractivity contribution in [2.24, 2.45) is 5.73 Å². The largest absolute Gasteiger partial charge is 0.312 e. The molecule has 0 unspecified atom stereocenters. The van der Waals surface area contributed by atoms with Crippen LogP contribution in [-0.4, -0.2) is 19.2 Å². The Morgan fingerprint density at radius 3 is 2.05 bits per heavy atom. The van der Waals surface area contributed by atoms with Gasteiger partial charge in [-0.25, -0.2) is 8.42 Å². The third-order valence-electron chi connectivity index (χ3n) is 3.94. The molecule has 0 amide bonds. The Balaban J connectivity index is 2.05. The molecule has 1 fully saturated rings. The van der Waals surface area contributed by atoms with Gasteiger partial charge in [-0.1, -0.05) is 48.5 Å². The maximum Gasteiger partial charge on any atom is 0.184 e. The van der Waals surface area contributed by atoms with E-state index in [0.717, 1.165) is 5.56 Å². The molecular weight excluding hydrogens is 284 g/mol. The Labute approximate surface area is 123 Å². The molecule has 2 aromatic rings. The molecule has 0 saturated heterocycles. The van der Waals surface area contributed by atoms with Gasteiger partial charge in [0.25, 0.3) is 0 Å². The van der Waals surface area contributed by atoms with Crippen LogP contribution in [0.15, 0.2) is 65.6 Å². The van der Waals surface area contributed by atoms with Crippen LogP contribution in [0.25, 0.3) is 0 Å². The van der Waals surface area contributed by atoms with Crippen LogP contribution in [0.3, 0.4) is 0 Å². The van der Waals surface area contributed by atoms with Crippen LogP contribution in [0, 0.1) is 11.3 Å². The predicted molar refractivity (Wildman–Crippen MR) is 79.1 cm³/mol. The molecule has 0 heterocycles. The molecular formula is C16H14N2O2S. The molecule has 0 bridgehead atoms. The summed E-state index contributed by atoms with van der Waals surface area (Å²) < 4.78 is 25.4. The molecule has 4 nitrogen and oxygen atoms in total. The number of hydrogen-bond acceptors (Lipinski definition) is 4. The standard InChI is InChI=1S/C16H14N2O2S/c17-11-16(18)14(12-7-3-1-4-8-12)15(16)21(19,20)13-9-5-2-6-10-13/h1-10,14-15H,18H2/t14-,15+,16+/m1/s1. The van der Waals surface area contributed by atoms with Crippen molar-refractivity contribution < 1.29 is 8.42 Å². The zero-order chi connectivity index (χ0) is 15.1. The van der Waals surface area contributed by atoms with Crippen molar-refractivity contribution in [3.8, 4) is 6.07 Å². The van der Waals surface area contributed by atoms with E-state index < -0.39 is 26.5 Å². The van der Waals surface area contributed by atoms with E-state index in [4.69, 9.17) is 5.73 Å². The minimum atomic E-state index is -3.63. The van der Waals surface area contributed by atoms with Crippen LogP contribution >= 0.6 is 0 Å². The zero-order valence-electron chi connectivity index (χ0n) is 11.2. The van der Waals surface area contributed by atoms with Gasteiger partial charge in [0.1, 0.15) is 10.8 Å². The monoisotopic (exact) mass is 298 g/mol. The Bertz CT molecular complexity index is 797. The molecule has 3 atom stereocenters. The second-order valence-electron chi connectivity index (χ2n) is 5.21. The van der Waals surface area contributed by atoms with Gasteiger partial charge in [0.2, 0.25) is 0 Å². The minimum absolute atomic E-state index is 0.207. The highest BCUT2D eigenvalue weighted by Crippen LogP contribution is 2.55. The van der Waals surface area contributed by atoms with Crippen molar-refractivity contribution in [3.63, 3.8) is 0 Å². The summed E-state index contributed by atoms with van der Waals surface area (Å²) in [6, 6.07) is 19.2. The van der Waals surface area contributed by atoms with Crippen LogP contribution < -0.4 is 5.73 Å². The quantitative estimate of drug-likeness (QED) is 0.937. The van der Waals surface area contributed by atoms with Gasteiger partial charge in [-0.15, -0.1) is 0 Å².